The molecule has 0 aliphatic rings. The highest BCUT2D eigenvalue weighted by Gasteiger charge is 2.17. The van der Waals surface area contributed by atoms with Crippen LogP contribution in [0.2, 0.25) is 0 Å². The monoisotopic (exact) mass is 317 g/mol. The number of nitrogens with two attached hydrogens (primary N) is 1. The van der Waals surface area contributed by atoms with E-state index in [1.54, 1.807) is 0 Å². The average molecular weight is 318 g/mol. The fourth-order valence-corrected chi connectivity index (χ4v) is 2.39. The van der Waals surface area contributed by atoms with Crippen molar-refractivity contribution in [3.05, 3.63) is 64.7 Å². The summed E-state index contributed by atoms with van der Waals surface area (Å²) in [6, 6.07) is 13.5. The molecular weight excluding hydrogens is 306 g/mol. The van der Waals surface area contributed by atoms with Crippen molar-refractivity contribution in [2.24, 2.45) is 5.84 Å². The first-order valence-corrected chi connectivity index (χ1v) is 6.63. The number of furan rings is 1. The third-order valence-electron chi connectivity index (χ3n) is 2.99. The molecule has 3 N–H and O–H groups in total. The quantitative estimate of drug-likeness (QED) is 0.575. The van der Waals surface area contributed by atoms with E-state index in [4.69, 9.17) is 10.3 Å². The molecular formula is C14H12BrN3O. The van der Waals surface area contributed by atoms with E-state index in [1.165, 1.54) is 0 Å². The molecule has 1 atom stereocenters. The van der Waals surface area contributed by atoms with Crippen LogP contribution in [0.1, 0.15) is 17.4 Å². The van der Waals surface area contributed by atoms with E-state index in [2.05, 4.69) is 32.4 Å². The van der Waals surface area contributed by atoms with Gasteiger partial charge in [0, 0.05) is 11.6 Å². The maximum absolute atomic E-state index is 5.64. The number of aromatic nitrogens is 1. The van der Waals surface area contributed by atoms with Crippen LogP contribution in [0.5, 0.6) is 0 Å². The molecule has 0 fully saturated rings. The Kier molecular flexibility index (Phi) is 3.33. The van der Waals surface area contributed by atoms with E-state index >= 15 is 0 Å². The SMILES string of the molecule is NNC(c1cnc2ccccc2c1)c1ccc(Br)o1. The Bertz CT molecular complexity index is 710. The minimum atomic E-state index is -0.219. The zero-order valence-electron chi connectivity index (χ0n) is 10.0. The van der Waals surface area contributed by atoms with Crippen LogP contribution in [0.15, 0.2) is 57.7 Å². The number of hydrogen-bond donors (Lipinski definition) is 2. The number of hydrogen-bond acceptors (Lipinski definition) is 4. The van der Waals surface area contributed by atoms with Crippen molar-refractivity contribution in [2.75, 3.05) is 0 Å². The highest BCUT2D eigenvalue weighted by molar-refractivity contribution is 9.10. The highest BCUT2D eigenvalue weighted by atomic mass is 79.9. The van der Waals surface area contributed by atoms with Crippen LogP contribution in [0.25, 0.3) is 10.9 Å². The standard InChI is InChI=1S/C14H12BrN3O/c15-13-6-5-12(19-13)14(18-16)10-7-9-3-1-2-4-11(9)17-8-10/h1-8,14,18H,16H2. The van der Waals surface area contributed by atoms with E-state index in [1.807, 2.05) is 42.6 Å². The number of fused-ring (bicyclic) bond motifs is 1. The van der Waals surface area contributed by atoms with Crippen LogP contribution < -0.4 is 11.3 Å². The summed E-state index contributed by atoms with van der Waals surface area (Å²) in [7, 11) is 0. The molecule has 2 aromatic heterocycles. The molecule has 0 saturated heterocycles. The van der Waals surface area contributed by atoms with Gasteiger partial charge in [-0.25, -0.2) is 5.43 Å². The minimum absolute atomic E-state index is 0.219. The first-order chi connectivity index (χ1) is 9.28. The summed E-state index contributed by atoms with van der Waals surface area (Å²) in [5.74, 6) is 6.38. The molecule has 5 heteroatoms. The van der Waals surface area contributed by atoms with Gasteiger partial charge in [0.25, 0.3) is 0 Å². The lowest BCUT2D eigenvalue weighted by atomic mass is 10.1. The first kappa shape index (κ1) is 12.3. The van der Waals surface area contributed by atoms with Crippen molar-refractivity contribution in [1.29, 1.82) is 0 Å². The normalized spacial score (nSPS) is 12.7. The van der Waals surface area contributed by atoms with E-state index in [0.29, 0.717) is 4.67 Å². The zero-order chi connectivity index (χ0) is 13.2. The van der Waals surface area contributed by atoms with E-state index in [9.17, 15) is 0 Å². The summed E-state index contributed by atoms with van der Waals surface area (Å²) in [5.41, 5.74) is 4.68. The molecule has 1 aromatic carbocycles. The fourth-order valence-electron chi connectivity index (χ4n) is 2.07. The maximum atomic E-state index is 5.64. The van der Waals surface area contributed by atoms with Gasteiger partial charge >= 0.3 is 0 Å². The van der Waals surface area contributed by atoms with Crippen LogP contribution in [0, 0.1) is 0 Å². The Morgan fingerprint density at radius 1 is 1.21 bits per heavy atom. The van der Waals surface area contributed by atoms with Gasteiger partial charge in [-0.1, -0.05) is 18.2 Å². The zero-order valence-corrected chi connectivity index (χ0v) is 11.6. The van der Waals surface area contributed by atoms with Crippen LogP contribution >= 0.6 is 15.9 Å². The van der Waals surface area contributed by atoms with Gasteiger partial charge in [-0.15, -0.1) is 0 Å². The summed E-state index contributed by atoms with van der Waals surface area (Å²) >= 11 is 3.29. The number of pyridine rings is 1. The second-order valence-electron chi connectivity index (χ2n) is 4.20. The Hall–Kier alpha value is -1.69. The number of rotatable bonds is 3. The number of nitrogens with zero attached hydrogens (tertiary/aromatic N) is 1. The Labute approximate surface area is 118 Å². The average Bonchev–Trinajstić information content (AvgIpc) is 2.86. The topological polar surface area (TPSA) is 64.1 Å². The largest absolute Gasteiger partial charge is 0.452 e. The molecule has 0 aliphatic carbocycles. The van der Waals surface area contributed by atoms with Crippen molar-refractivity contribution in [3.63, 3.8) is 0 Å². The molecule has 0 bridgehead atoms. The van der Waals surface area contributed by atoms with Crippen LogP contribution in [-0.2, 0) is 0 Å². The number of benzene rings is 1. The van der Waals surface area contributed by atoms with Gasteiger partial charge in [0.05, 0.1) is 5.52 Å². The molecule has 0 amide bonds. The van der Waals surface area contributed by atoms with Gasteiger partial charge in [-0.3, -0.25) is 10.8 Å². The second-order valence-corrected chi connectivity index (χ2v) is 4.98. The third kappa shape index (κ3) is 2.40. The molecule has 0 spiro atoms. The molecule has 3 rings (SSSR count). The molecule has 2 heterocycles. The van der Waals surface area contributed by atoms with E-state index in [-0.39, 0.29) is 6.04 Å². The molecule has 0 radical (unpaired) electrons. The van der Waals surface area contributed by atoms with Crippen molar-refractivity contribution in [2.45, 2.75) is 6.04 Å². The Morgan fingerprint density at radius 2 is 2.05 bits per heavy atom. The summed E-state index contributed by atoms with van der Waals surface area (Å²) in [6.45, 7) is 0. The number of hydrazine groups is 1. The fraction of sp³-hybridized carbons (Fsp3) is 0.0714. The molecule has 1 unspecified atom stereocenters. The van der Waals surface area contributed by atoms with Crippen molar-refractivity contribution < 1.29 is 4.42 Å². The minimum Gasteiger partial charge on any atom is -0.452 e. The van der Waals surface area contributed by atoms with Gasteiger partial charge in [-0.2, -0.15) is 0 Å². The predicted molar refractivity (Wildman–Crippen MR) is 77.3 cm³/mol. The lowest BCUT2D eigenvalue weighted by molar-refractivity contribution is 0.437. The van der Waals surface area contributed by atoms with Crippen molar-refractivity contribution >= 4 is 26.8 Å². The van der Waals surface area contributed by atoms with E-state index in [0.717, 1.165) is 22.2 Å². The summed E-state index contributed by atoms with van der Waals surface area (Å²) in [6.07, 6.45) is 1.81. The molecule has 96 valence electrons. The van der Waals surface area contributed by atoms with Crippen LogP contribution in [0.3, 0.4) is 0 Å². The lowest BCUT2D eigenvalue weighted by Crippen LogP contribution is -2.28. The molecule has 0 aliphatic heterocycles. The first-order valence-electron chi connectivity index (χ1n) is 5.84. The van der Waals surface area contributed by atoms with Crippen LogP contribution in [-0.4, -0.2) is 4.98 Å². The number of para-hydroxylation sites is 1. The lowest BCUT2D eigenvalue weighted by Gasteiger charge is -2.13. The van der Waals surface area contributed by atoms with Crippen molar-refractivity contribution in [3.8, 4) is 0 Å². The Morgan fingerprint density at radius 3 is 2.79 bits per heavy atom. The highest BCUT2D eigenvalue weighted by Crippen LogP contribution is 2.26. The third-order valence-corrected chi connectivity index (χ3v) is 3.42. The molecule has 4 nitrogen and oxygen atoms in total. The van der Waals surface area contributed by atoms with Gasteiger partial charge in [0.1, 0.15) is 11.8 Å². The van der Waals surface area contributed by atoms with Gasteiger partial charge in [0.15, 0.2) is 4.67 Å². The second kappa shape index (κ2) is 5.13. The summed E-state index contributed by atoms with van der Waals surface area (Å²) in [4.78, 5) is 4.43. The smallest absolute Gasteiger partial charge is 0.169 e. The van der Waals surface area contributed by atoms with Crippen molar-refractivity contribution in [1.82, 2.24) is 10.4 Å². The maximum Gasteiger partial charge on any atom is 0.169 e. The predicted octanol–water partition coefficient (Wildman–Crippen LogP) is 3.14. The number of halogens is 1. The molecule has 19 heavy (non-hydrogen) atoms. The summed E-state index contributed by atoms with van der Waals surface area (Å²) < 4.78 is 6.23. The Balaban J connectivity index is 2.06. The molecule has 0 saturated carbocycles. The van der Waals surface area contributed by atoms with Gasteiger partial charge < -0.3 is 4.42 Å². The summed E-state index contributed by atoms with van der Waals surface area (Å²) in [5, 5.41) is 1.07. The molecule has 3 aromatic rings. The number of nitrogens with one attached hydrogen (secondary N) is 1. The van der Waals surface area contributed by atoms with Gasteiger partial charge in [-0.05, 0) is 45.8 Å². The van der Waals surface area contributed by atoms with Gasteiger partial charge in [0.2, 0.25) is 0 Å². The van der Waals surface area contributed by atoms with E-state index < -0.39 is 0 Å². The van der Waals surface area contributed by atoms with Crippen LogP contribution in [0.4, 0.5) is 0 Å².